The van der Waals surface area contributed by atoms with Gasteiger partial charge in [0, 0.05) is 79.0 Å². The molecule has 19 heteroatoms. The van der Waals surface area contributed by atoms with Gasteiger partial charge >= 0.3 is 0 Å². The number of nitrogens with zero attached hydrogens (tertiary/aromatic N) is 4. The van der Waals surface area contributed by atoms with Gasteiger partial charge < -0.3 is 30.2 Å². The van der Waals surface area contributed by atoms with E-state index in [-0.39, 0.29) is 40.5 Å². The number of benzene rings is 3. The minimum absolute atomic E-state index is 0.0382. The van der Waals surface area contributed by atoms with E-state index in [4.69, 9.17) is 4.74 Å². The Balaban J connectivity index is 0.917. The number of halogens is 2. The predicted molar refractivity (Wildman–Crippen MR) is 284 cm³/mol. The number of aliphatic hydroxyl groups is 2. The molecule has 0 radical (unpaired) electrons. The summed E-state index contributed by atoms with van der Waals surface area (Å²) in [6.07, 6.45) is 8.66. The molecule has 6 aromatic rings. The zero-order chi connectivity index (χ0) is 52.7. The molecule has 2 aliphatic carbocycles. The summed E-state index contributed by atoms with van der Waals surface area (Å²) in [5.41, 5.74) is 2.79. The van der Waals surface area contributed by atoms with Crippen LogP contribution in [-0.4, -0.2) is 95.8 Å². The number of piperazine rings is 1. The largest absolute Gasteiger partial charge is 0.455 e. The molecular weight excluding hydrogens is 989 g/mol. The minimum Gasteiger partial charge on any atom is -0.455 e. The summed E-state index contributed by atoms with van der Waals surface area (Å²) in [7, 11) is -4.63. The fourth-order valence-electron chi connectivity index (χ4n) is 10.2. The van der Waals surface area contributed by atoms with Crippen molar-refractivity contribution >= 4 is 60.9 Å². The average molecular weight is 1050 g/mol. The van der Waals surface area contributed by atoms with Crippen molar-refractivity contribution in [2.75, 3.05) is 56.1 Å². The standard InChI is InChI=1S/C55H63F2N7O8S2/c1-53(2)14-12-36(43(28-53)49-23-37(32-73-49)50-44(56)24-38(25-45(50)57)54(3,4)33-65)31-62-18-20-63(21-19-62)39-6-8-42(48(26-39)72-40-22-35-13-17-58-51(35)60-30-40)52(66)61-74(70,71)41-7-9-46(47(27-41)64(68)69)59-29-34-10-15-55(5,67)16-11-34/h6-9,13,17,22-27,30,32,34,59,65,67H,10-12,14-16,18-21,28-29,31,33H2,1-5H3,(H,58,60)(H,61,66)/t34-,55-. The van der Waals surface area contributed by atoms with Crippen molar-refractivity contribution in [3.63, 3.8) is 0 Å². The summed E-state index contributed by atoms with van der Waals surface area (Å²) in [5, 5.41) is 38.0. The molecule has 3 aromatic carbocycles. The second-order valence-electron chi connectivity index (χ2n) is 21.8. The molecule has 3 aromatic heterocycles. The quantitative estimate of drug-likeness (QED) is 0.0454. The molecule has 15 nitrogen and oxygen atoms in total. The number of ether oxygens (including phenoxy) is 1. The van der Waals surface area contributed by atoms with Crippen molar-refractivity contribution in [1.29, 1.82) is 0 Å². The fourth-order valence-corrected chi connectivity index (χ4v) is 12.2. The normalized spacial score (nSPS) is 19.7. The van der Waals surface area contributed by atoms with Crippen molar-refractivity contribution in [2.45, 2.75) is 95.5 Å². The lowest BCUT2D eigenvalue weighted by Gasteiger charge is -2.39. The number of hydrogen-bond donors (Lipinski definition) is 5. The number of carbonyl (C=O) groups excluding carboxylic acids is 1. The number of allylic oxidation sites excluding steroid dienone is 1. The number of pyridine rings is 1. The van der Waals surface area contributed by atoms with Crippen LogP contribution in [0.15, 0.2) is 95.0 Å². The predicted octanol–water partition coefficient (Wildman–Crippen LogP) is 10.8. The Morgan fingerprint density at radius 3 is 2.43 bits per heavy atom. The van der Waals surface area contributed by atoms with Crippen molar-refractivity contribution in [3.8, 4) is 22.6 Å². The zero-order valence-corrected chi connectivity index (χ0v) is 43.9. The summed E-state index contributed by atoms with van der Waals surface area (Å²) in [5.74, 6) is -1.77. The summed E-state index contributed by atoms with van der Waals surface area (Å²) < 4.78 is 67.3. The smallest absolute Gasteiger partial charge is 0.293 e. The molecule has 0 unspecified atom stereocenters. The lowest BCUT2D eigenvalue weighted by atomic mass is 9.73. The fraction of sp³-hybridized carbons (Fsp3) is 0.418. The number of carbonyl (C=O) groups is 1. The van der Waals surface area contributed by atoms with E-state index in [2.05, 4.69) is 43.7 Å². The zero-order valence-electron chi connectivity index (χ0n) is 42.3. The Hall–Kier alpha value is -6.25. The van der Waals surface area contributed by atoms with Crippen molar-refractivity contribution in [3.05, 3.63) is 128 Å². The van der Waals surface area contributed by atoms with Crippen LogP contribution in [0.1, 0.15) is 100 Å². The van der Waals surface area contributed by atoms with Crippen molar-refractivity contribution in [2.24, 2.45) is 11.3 Å². The number of sulfonamides is 1. The van der Waals surface area contributed by atoms with E-state index < -0.39 is 54.1 Å². The number of thiophene rings is 1. The summed E-state index contributed by atoms with van der Waals surface area (Å²) in [4.78, 5) is 38.1. The molecule has 0 bridgehead atoms. The number of hydrogen-bond acceptors (Lipinski definition) is 13. The maximum absolute atomic E-state index is 15.6. The Bertz CT molecular complexity index is 3220. The second-order valence-corrected chi connectivity index (χ2v) is 24.4. The first-order chi connectivity index (χ1) is 35.1. The van der Waals surface area contributed by atoms with Gasteiger partial charge in [-0.1, -0.05) is 33.3 Å². The van der Waals surface area contributed by atoms with Gasteiger partial charge in [-0.25, -0.2) is 26.9 Å². The molecule has 1 saturated heterocycles. The van der Waals surface area contributed by atoms with Gasteiger partial charge in [0.2, 0.25) is 0 Å². The molecule has 5 N–H and O–H groups in total. The number of anilines is 2. The number of H-pyrrole nitrogens is 1. The number of aliphatic hydroxyl groups excluding tert-OH is 1. The van der Waals surface area contributed by atoms with E-state index in [9.17, 15) is 33.5 Å². The van der Waals surface area contributed by atoms with E-state index >= 15 is 8.78 Å². The highest BCUT2D eigenvalue weighted by Gasteiger charge is 2.33. The highest BCUT2D eigenvalue weighted by atomic mass is 32.2. The van der Waals surface area contributed by atoms with Gasteiger partial charge in [-0.3, -0.25) is 19.8 Å². The lowest BCUT2D eigenvalue weighted by Crippen LogP contribution is -2.47. The highest BCUT2D eigenvalue weighted by Crippen LogP contribution is 2.46. The maximum atomic E-state index is 15.6. The Kier molecular flexibility index (Phi) is 14.8. The van der Waals surface area contributed by atoms with Gasteiger partial charge in [0.1, 0.15) is 34.5 Å². The van der Waals surface area contributed by atoms with E-state index in [0.29, 0.717) is 68.1 Å². The molecule has 1 aliphatic heterocycles. The van der Waals surface area contributed by atoms with Gasteiger partial charge in [-0.2, -0.15) is 0 Å². The molecule has 3 aliphatic rings. The van der Waals surface area contributed by atoms with Crippen LogP contribution in [0.25, 0.3) is 27.7 Å². The van der Waals surface area contributed by atoms with Gasteiger partial charge in [-0.05, 0) is 140 Å². The molecule has 0 atom stereocenters. The van der Waals surface area contributed by atoms with Gasteiger partial charge in [0.05, 0.1) is 39.4 Å². The molecule has 1 saturated carbocycles. The number of nitro benzene ring substituents is 1. The average Bonchev–Trinajstić information content (AvgIpc) is 4.04. The number of aromatic nitrogens is 2. The Labute approximate surface area is 433 Å². The molecule has 9 rings (SSSR count). The van der Waals surface area contributed by atoms with E-state index in [1.165, 1.54) is 59.0 Å². The summed E-state index contributed by atoms with van der Waals surface area (Å²) in [6, 6.07) is 16.5. The first-order valence-corrected chi connectivity index (χ1v) is 27.4. The molecule has 74 heavy (non-hydrogen) atoms. The third-order valence-corrected chi connectivity index (χ3v) is 17.3. The van der Waals surface area contributed by atoms with Gasteiger partial charge in [0.25, 0.3) is 21.6 Å². The first kappa shape index (κ1) is 52.6. The second kappa shape index (κ2) is 20.8. The van der Waals surface area contributed by atoms with Crippen LogP contribution in [0, 0.1) is 33.1 Å². The molecule has 2 fully saturated rings. The third-order valence-electron chi connectivity index (χ3n) is 15.0. The van der Waals surface area contributed by atoms with Gasteiger partial charge in [-0.15, -0.1) is 11.3 Å². The molecule has 1 amide bonds. The van der Waals surface area contributed by atoms with Crippen LogP contribution in [0.2, 0.25) is 0 Å². The van der Waals surface area contributed by atoms with E-state index in [1.807, 2.05) is 17.5 Å². The number of amides is 1. The van der Waals surface area contributed by atoms with Crippen LogP contribution in [0.3, 0.4) is 0 Å². The van der Waals surface area contributed by atoms with Crippen LogP contribution < -0.4 is 19.7 Å². The number of fused-ring (bicyclic) bond motifs is 1. The number of nitro groups is 1. The Morgan fingerprint density at radius 2 is 1.73 bits per heavy atom. The van der Waals surface area contributed by atoms with Crippen LogP contribution in [0.5, 0.6) is 11.5 Å². The number of nitrogens with one attached hydrogen (secondary N) is 3. The monoisotopic (exact) mass is 1050 g/mol. The van der Waals surface area contributed by atoms with Crippen LogP contribution in [-0.2, 0) is 15.4 Å². The van der Waals surface area contributed by atoms with E-state index in [0.717, 1.165) is 60.7 Å². The topological polar surface area (TPSA) is 203 Å². The van der Waals surface area contributed by atoms with Crippen LogP contribution in [0.4, 0.5) is 25.8 Å². The third kappa shape index (κ3) is 11.7. The number of rotatable bonds is 16. The van der Waals surface area contributed by atoms with E-state index in [1.54, 1.807) is 45.2 Å². The SMILES string of the molecule is CC1(C)CCC(CN2CCN(c3ccc(C(=O)NS(=O)(=O)c4ccc(NC[C@H]5CC[C@](C)(O)CC5)c([N+](=O)[O-])c4)c(Oc4cnc5[nH]ccc5c4)c3)CC2)=C(c2cc(-c3c(F)cc(C(C)(C)CO)cc3F)cs2)C1. The lowest BCUT2D eigenvalue weighted by molar-refractivity contribution is -0.384. The molecule has 0 spiro atoms. The molecular formula is C55H63F2N7O8S2. The minimum atomic E-state index is -4.63. The summed E-state index contributed by atoms with van der Waals surface area (Å²) in [6.45, 7) is 13.3. The van der Waals surface area contributed by atoms with Crippen molar-refractivity contribution in [1.82, 2.24) is 19.6 Å². The summed E-state index contributed by atoms with van der Waals surface area (Å²) >= 11 is 1.49. The highest BCUT2D eigenvalue weighted by molar-refractivity contribution is 7.90. The maximum Gasteiger partial charge on any atom is 0.293 e. The Morgan fingerprint density at radius 1 is 1.00 bits per heavy atom. The number of aromatic amines is 1. The molecule has 4 heterocycles. The van der Waals surface area contributed by atoms with Gasteiger partial charge in [0.15, 0.2) is 0 Å². The van der Waals surface area contributed by atoms with Crippen molar-refractivity contribution < 1.29 is 41.9 Å². The first-order valence-electron chi connectivity index (χ1n) is 25.0. The molecule has 392 valence electrons. The van der Waals surface area contributed by atoms with Crippen LogP contribution >= 0.6 is 11.3 Å².